The molecule has 2 N–H and O–H groups in total. The van der Waals surface area contributed by atoms with Crippen LogP contribution >= 0.6 is 0 Å². The van der Waals surface area contributed by atoms with Crippen LogP contribution in [-0.2, 0) is 16.1 Å². The Bertz CT molecular complexity index is 444. The van der Waals surface area contributed by atoms with Crippen molar-refractivity contribution in [3.05, 3.63) is 35.4 Å². The third-order valence-corrected chi connectivity index (χ3v) is 3.93. The Labute approximate surface area is 120 Å². The molecule has 1 fully saturated rings. The van der Waals surface area contributed by atoms with Gasteiger partial charge in [-0.2, -0.15) is 0 Å². The van der Waals surface area contributed by atoms with Crippen molar-refractivity contribution in [2.24, 2.45) is 0 Å². The Morgan fingerprint density at radius 1 is 1.45 bits per heavy atom. The summed E-state index contributed by atoms with van der Waals surface area (Å²) in [6.07, 6.45) is 2.44. The Kier molecular flexibility index (Phi) is 5.15. The minimum absolute atomic E-state index is 0.333. The molecule has 1 aromatic rings. The highest BCUT2D eigenvalue weighted by atomic mass is 16.5. The molecule has 0 amide bonds. The number of carboxylic acids is 1. The van der Waals surface area contributed by atoms with Gasteiger partial charge in [0, 0.05) is 19.2 Å². The van der Waals surface area contributed by atoms with E-state index in [4.69, 9.17) is 9.84 Å². The van der Waals surface area contributed by atoms with Gasteiger partial charge in [-0.05, 0) is 37.8 Å². The maximum atomic E-state index is 10.9. The number of benzene rings is 1. The molecule has 110 valence electrons. The molecule has 1 aliphatic heterocycles. The number of carbonyl (C=O) groups is 1. The molecule has 1 heterocycles. The topological polar surface area (TPSA) is 58.6 Å². The highest BCUT2D eigenvalue weighted by Gasteiger charge is 2.18. The highest BCUT2D eigenvalue weighted by molar-refractivity contribution is 5.75. The first-order valence-corrected chi connectivity index (χ1v) is 7.23. The summed E-state index contributed by atoms with van der Waals surface area (Å²) < 4.78 is 5.53. The zero-order valence-corrected chi connectivity index (χ0v) is 12.1. The second kappa shape index (κ2) is 6.86. The molecule has 0 spiro atoms. The summed E-state index contributed by atoms with van der Waals surface area (Å²) in [7, 11) is 0. The molecule has 20 heavy (non-hydrogen) atoms. The Hall–Kier alpha value is -1.39. The van der Waals surface area contributed by atoms with E-state index in [0.717, 1.165) is 31.6 Å². The van der Waals surface area contributed by atoms with E-state index in [-0.39, 0.29) is 0 Å². The van der Waals surface area contributed by atoms with Crippen molar-refractivity contribution < 1.29 is 14.6 Å². The number of ether oxygens (including phenoxy) is 1. The fourth-order valence-electron chi connectivity index (χ4n) is 2.51. The molecule has 0 bridgehead atoms. The SMILES string of the molecule is CC1CC(NCc2ccc(C(C)C(=O)O)cc2)CCO1. The first-order chi connectivity index (χ1) is 9.56. The lowest BCUT2D eigenvalue weighted by Crippen LogP contribution is -2.37. The monoisotopic (exact) mass is 277 g/mol. The van der Waals surface area contributed by atoms with Crippen molar-refractivity contribution >= 4 is 5.97 Å². The van der Waals surface area contributed by atoms with Crippen LogP contribution in [0.2, 0.25) is 0 Å². The molecule has 0 aliphatic carbocycles. The van der Waals surface area contributed by atoms with Crippen molar-refractivity contribution in [2.75, 3.05) is 6.61 Å². The van der Waals surface area contributed by atoms with E-state index in [0.29, 0.717) is 12.1 Å². The average Bonchev–Trinajstić information content (AvgIpc) is 2.45. The third-order valence-electron chi connectivity index (χ3n) is 3.93. The van der Waals surface area contributed by atoms with Crippen LogP contribution in [0.15, 0.2) is 24.3 Å². The Morgan fingerprint density at radius 3 is 2.75 bits per heavy atom. The van der Waals surface area contributed by atoms with E-state index in [1.165, 1.54) is 5.56 Å². The van der Waals surface area contributed by atoms with E-state index in [9.17, 15) is 4.79 Å². The predicted molar refractivity (Wildman–Crippen MR) is 77.8 cm³/mol. The zero-order chi connectivity index (χ0) is 14.5. The van der Waals surface area contributed by atoms with Crippen molar-refractivity contribution in [2.45, 2.75) is 51.3 Å². The number of carboxylic acid groups (broad SMARTS) is 1. The quantitative estimate of drug-likeness (QED) is 0.868. The fourth-order valence-corrected chi connectivity index (χ4v) is 2.51. The highest BCUT2D eigenvalue weighted by Crippen LogP contribution is 2.17. The summed E-state index contributed by atoms with van der Waals surface area (Å²) >= 11 is 0. The minimum atomic E-state index is -0.785. The van der Waals surface area contributed by atoms with Crippen LogP contribution in [0.5, 0.6) is 0 Å². The van der Waals surface area contributed by atoms with E-state index in [1.807, 2.05) is 24.3 Å². The van der Waals surface area contributed by atoms with Crippen LogP contribution in [0, 0.1) is 0 Å². The maximum Gasteiger partial charge on any atom is 0.310 e. The van der Waals surface area contributed by atoms with Crippen molar-refractivity contribution in [1.29, 1.82) is 0 Å². The molecule has 1 aromatic carbocycles. The van der Waals surface area contributed by atoms with Gasteiger partial charge in [-0.15, -0.1) is 0 Å². The lowest BCUT2D eigenvalue weighted by Gasteiger charge is -2.28. The van der Waals surface area contributed by atoms with Gasteiger partial charge in [0.1, 0.15) is 0 Å². The van der Waals surface area contributed by atoms with Crippen molar-refractivity contribution in [1.82, 2.24) is 5.32 Å². The minimum Gasteiger partial charge on any atom is -0.481 e. The summed E-state index contributed by atoms with van der Waals surface area (Å²) in [5.74, 6) is -1.24. The van der Waals surface area contributed by atoms with Crippen LogP contribution in [0.4, 0.5) is 0 Å². The summed E-state index contributed by atoms with van der Waals surface area (Å²) in [5.41, 5.74) is 2.03. The molecule has 3 atom stereocenters. The van der Waals surface area contributed by atoms with Crippen molar-refractivity contribution in [3.63, 3.8) is 0 Å². The Morgan fingerprint density at radius 2 is 2.15 bits per heavy atom. The van der Waals surface area contributed by atoms with Gasteiger partial charge < -0.3 is 15.2 Å². The number of rotatable bonds is 5. The van der Waals surface area contributed by atoms with Gasteiger partial charge in [0.15, 0.2) is 0 Å². The van der Waals surface area contributed by atoms with E-state index < -0.39 is 11.9 Å². The Balaban J connectivity index is 1.86. The molecule has 0 aromatic heterocycles. The standard InChI is InChI=1S/C16H23NO3/c1-11-9-15(7-8-20-11)17-10-13-3-5-14(6-4-13)12(2)16(18)19/h3-6,11-12,15,17H,7-10H2,1-2H3,(H,18,19). The molecule has 0 radical (unpaired) electrons. The van der Waals surface area contributed by atoms with Gasteiger partial charge in [-0.3, -0.25) is 4.79 Å². The largest absolute Gasteiger partial charge is 0.481 e. The summed E-state index contributed by atoms with van der Waals surface area (Å²) in [6.45, 7) is 5.46. The second-order valence-corrected chi connectivity index (χ2v) is 5.59. The van der Waals surface area contributed by atoms with Crippen LogP contribution in [-0.4, -0.2) is 29.8 Å². The lowest BCUT2D eigenvalue weighted by atomic mass is 9.99. The number of hydrogen-bond acceptors (Lipinski definition) is 3. The van der Waals surface area contributed by atoms with Gasteiger partial charge in [-0.1, -0.05) is 24.3 Å². The average molecular weight is 277 g/mol. The summed E-state index contributed by atoms with van der Waals surface area (Å²) in [4.78, 5) is 10.9. The van der Waals surface area contributed by atoms with Crippen LogP contribution < -0.4 is 5.32 Å². The number of aliphatic carboxylic acids is 1. The number of hydrogen-bond donors (Lipinski definition) is 2. The molecule has 1 saturated heterocycles. The lowest BCUT2D eigenvalue weighted by molar-refractivity contribution is -0.138. The molecule has 0 saturated carbocycles. The number of nitrogens with one attached hydrogen (secondary N) is 1. The molecule has 3 unspecified atom stereocenters. The van der Waals surface area contributed by atoms with Crippen LogP contribution in [0.3, 0.4) is 0 Å². The first kappa shape index (κ1) is 15.0. The summed E-state index contributed by atoms with van der Waals surface area (Å²) in [5, 5.41) is 12.5. The second-order valence-electron chi connectivity index (χ2n) is 5.59. The van der Waals surface area contributed by atoms with Gasteiger partial charge in [0.25, 0.3) is 0 Å². The molecule has 4 nitrogen and oxygen atoms in total. The predicted octanol–water partition coefficient (Wildman–Crippen LogP) is 2.53. The zero-order valence-electron chi connectivity index (χ0n) is 12.1. The molecular formula is C16H23NO3. The van der Waals surface area contributed by atoms with Gasteiger partial charge in [0.05, 0.1) is 12.0 Å². The molecule has 1 aliphatic rings. The van der Waals surface area contributed by atoms with Crippen LogP contribution in [0.1, 0.15) is 43.7 Å². The van der Waals surface area contributed by atoms with Gasteiger partial charge in [0.2, 0.25) is 0 Å². The van der Waals surface area contributed by atoms with Crippen LogP contribution in [0.25, 0.3) is 0 Å². The molecular weight excluding hydrogens is 254 g/mol. The smallest absolute Gasteiger partial charge is 0.310 e. The van der Waals surface area contributed by atoms with Gasteiger partial charge >= 0.3 is 5.97 Å². The molecule has 4 heteroatoms. The first-order valence-electron chi connectivity index (χ1n) is 7.23. The normalized spacial score (nSPS) is 24.3. The van der Waals surface area contributed by atoms with E-state index in [1.54, 1.807) is 6.92 Å². The fraction of sp³-hybridized carbons (Fsp3) is 0.562. The summed E-state index contributed by atoms with van der Waals surface area (Å²) in [6, 6.07) is 8.33. The van der Waals surface area contributed by atoms with Crippen molar-refractivity contribution in [3.8, 4) is 0 Å². The van der Waals surface area contributed by atoms with Gasteiger partial charge in [-0.25, -0.2) is 0 Å². The molecule has 2 rings (SSSR count). The van der Waals surface area contributed by atoms with E-state index in [2.05, 4.69) is 12.2 Å². The maximum absolute atomic E-state index is 10.9. The third kappa shape index (κ3) is 4.05. The van der Waals surface area contributed by atoms with E-state index >= 15 is 0 Å².